The van der Waals surface area contributed by atoms with E-state index in [1.165, 1.54) is 18.2 Å². The van der Waals surface area contributed by atoms with E-state index in [-0.39, 0.29) is 24.3 Å². The molecule has 1 saturated heterocycles. The van der Waals surface area contributed by atoms with Gasteiger partial charge in [0.1, 0.15) is 5.75 Å². The summed E-state index contributed by atoms with van der Waals surface area (Å²) in [7, 11) is 0. The van der Waals surface area contributed by atoms with Gasteiger partial charge in [0.2, 0.25) is 5.92 Å². The summed E-state index contributed by atoms with van der Waals surface area (Å²) < 4.78 is 55.7. The van der Waals surface area contributed by atoms with Crippen molar-refractivity contribution in [2.75, 3.05) is 29.9 Å². The van der Waals surface area contributed by atoms with Gasteiger partial charge in [-0.05, 0) is 53.4 Å². The maximum atomic E-state index is 13.8. The normalized spacial score (nSPS) is 18.8. The number of nitrogens with zero attached hydrogens (tertiary/aromatic N) is 1. The number of nitrogens with one attached hydrogen (secondary N) is 1. The molecule has 30 heavy (non-hydrogen) atoms. The summed E-state index contributed by atoms with van der Waals surface area (Å²) in [5.74, 6) is -2.54. The summed E-state index contributed by atoms with van der Waals surface area (Å²) in [6.45, 7) is 1.09. The highest BCUT2D eigenvalue weighted by Crippen LogP contribution is 2.36. The van der Waals surface area contributed by atoms with Gasteiger partial charge in [0, 0.05) is 42.9 Å². The molecule has 1 amide bonds. The standard InChI is InChI=1S/C21H22F2N2O4S/c22-21(23)6-2-8-25(9-7-21)18-11-14-5-10-29-19(14)13-17(18)20(26)24-15-3-1-4-16(12-15)30(27)28/h1,3-4,11-13H,2,5-10H2,(H,24,26)(H,27,28)/p-1. The number of fused-ring (bicyclic) bond motifs is 1. The van der Waals surface area contributed by atoms with Crippen molar-refractivity contribution in [3.63, 3.8) is 0 Å². The molecule has 2 aromatic carbocycles. The SMILES string of the molecule is O=C(Nc1cccc(S(=O)[O-])c1)c1cc2c(cc1N1CCCC(F)(F)CC1)CCO2. The van der Waals surface area contributed by atoms with Crippen molar-refractivity contribution < 1.29 is 27.1 Å². The maximum absolute atomic E-state index is 13.8. The molecule has 0 saturated carbocycles. The van der Waals surface area contributed by atoms with Crippen LogP contribution < -0.4 is 15.0 Å². The number of carbonyl (C=O) groups excluding carboxylic acids is 1. The first-order valence-electron chi connectivity index (χ1n) is 9.76. The van der Waals surface area contributed by atoms with E-state index >= 15 is 0 Å². The summed E-state index contributed by atoms with van der Waals surface area (Å²) in [6, 6.07) is 9.39. The van der Waals surface area contributed by atoms with Crippen molar-refractivity contribution in [1.29, 1.82) is 0 Å². The van der Waals surface area contributed by atoms with Crippen molar-refractivity contribution in [1.82, 2.24) is 0 Å². The first kappa shape index (κ1) is 20.7. The predicted octanol–water partition coefficient (Wildman–Crippen LogP) is 3.74. The van der Waals surface area contributed by atoms with Crippen LogP contribution in [-0.2, 0) is 17.5 Å². The number of benzene rings is 2. The fraction of sp³-hybridized carbons (Fsp3) is 0.381. The lowest BCUT2D eigenvalue weighted by Gasteiger charge is -2.26. The predicted molar refractivity (Wildman–Crippen MR) is 108 cm³/mol. The van der Waals surface area contributed by atoms with Gasteiger partial charge in [0.25, 0.3) is 5.91 Å². The minimum atomic E-state index is -2.70. The molecular formula is C21H21F2N2O4S-. The summed E-state index contributed by atoms with van der Waals surface area (Å²) in [5.41, 5.74) is 2.19. The van der Waals surface area contributed by atoms with Gasteiger partial charge in [-0.15, -0.1) is 0 Å². The highest BCUT2D eigenvalue weighted by molar-refractivity contribution is 7.79. The molecule has 2 heterocycles. The monoisotopic (exact) mass is 435 g/mol. The van der Waals surface area contributed by atoms with E-state index in [9.17, 15) is 22.3 Å². The first-order chi connectivity index (χ1) is 14.3. The zero-order valence-corrected chi connectivity index (χ0v) is 17.0. The molecule has 1 unspecified atom stereocenters. The summed E-state index contributed by atoms with van der Waals surface area (Å²) in [4.78, 5) is 15.0. The summed E-state index contributed by atoms with van der Waals surface area (Å²) in [5, 5.41) is 2.71. The van der Waals surface area contributed by atoms with Gasteiger partial charge in [-0.2, -0.15) is 0 Å². The fourth-order valence-corrected chi connectivity index (χ4v) is 4.25. The Balaban J connectivity index is 1.66. The van der Waals surface area contributed by atoms with Crippen LogP contribution in [0.5, 0.6) is 5.75 Å². The molecule has 2 aliphatic rings. The number of anilines is 2. The van der Waals surface area contributed by atoms with Crippen LogP contribution in [0.25, 0.3) is 0 Å². The Hall–Kier alpha value is -2.52. The van der Waals surface area contributed by atoms with Crippen molar-refractivity contribution in [2.24, 2.45) is 0 Å². The number of alkyl halides is 2. The number of hydrogen-bond acceptors (Lipinski definition) is 5. The molecule has 1 N–H and O–H groups in total. The third kappa shape index (κ3) is 4.46. The molecule has 0 aromatic heterocycles. The number of ether oxygens (including phenoxy) is 1. The van der Waals surface area contributed by atoms with Crippen LogP contribution in [-0.4, -0.2) is 40.3 Å². The Labute approximate surface area is 175 Å². The third-order valence-electron chi connectivity index (χ3n) is 5.40. The molecule has 0 aliphatic carbocycles. The number of rotatable bonds is 4. The highest BCUT2D eigenvalue weighted by Gasteiger charge is 2.33. The van der Waals surface area contributed by atoms with E-state index in [2.05, 4.69) is 5.32 Å². The zero-order valence-electron chi connectivity index (χ0n) is 16.2. The number of hydrogen-bond donors (Lipinski definition) is 1. The van der Waals surface area contributed by atoms with Gasteiger partial charge in [0.05, 0.1) is 17.9 Å². The molecule has 0 spiro atoms. The Kier molecular flexibility index (Phi) is 5.75. The summed E-state index contributed by atoms with van der Waals surface area (Å²) in [6.07, 6.45) is 0.599. The van der Waals surface area contributed by atoms with E-state index in [0.29, 0.717) is 48.7 Å². The van der Waals surface area contributed by atoms with Crippen molar-refractivity contribution in [2.45, 2.75) is 36.5 Å². The Bertz CT molecular complexity index is 999. The van der Waals surface area contributed by atoms with Crippen LogP contribution in [0.3, 0.4) is 0 Å². The molecule has 9 heteroatoms. The van der Waals surface area contributed by atoms with Gasteiger partial charge >= 0.3 is 0 Å². The van der Waals surface area contributed by atoms with E-state index in [1.807, 2.05) is 11.0 Å². The minimum absolute atomic E-state index is 0.0556. The Morgan fingerprint density at radius 1 is 1.20 bits per heavy atom. The average Bonchev–Trinajstić information content (AvgIpc) is 3.09. The van der Waals surface area contributed by atoms with Crippen LogP contribution in [0.2, 0.25) is 0 Å². The molecule has 1 atom stereocenters. The second-order valence-electron chi connectivity index (χ2n) is 7.49. The number of halogens is 2. The van der Waals surface area contributed by atoms with Crippen molar-refractivity contribution >= 4 is 28.4 Å². The zero-order chi connectivity index (χ0) is 21.3. The van der Waals surface area contributed by atoms with Crippen LogP contribution in [0.4, 0.5) is 20.2 Å². The van der Waals surface area contributed by atoms with E-state index in [0.717, 1.165) is 5.56 Å². The molecule has 0 bridgehead atoms. The second kappa shape index (κ2) is 8.31. The molecule has 4 rings (SSSR count). The number of amides is 1. The number of carbonyl (C=O) groups is 1. The van der Waals surface area contributed by atoms with Crippen LogP contribution in [0.15, 0.2) is 41.3 Å². The molecule has 1 fully saturated rings. The van der Waals surface area contributed by atoms with Crippen molar-refractivity contribution in [3.8, 4) is 5.75 Å². The van der Waals surface area contributed by atoms with Gasteiger partial charge in [-0.1, -0.05) is 6.07 Å². The quantitative estimate of drug-likeness (QED) is 0.740. The Morgan fingerprint density at radius 2 is 2.03 bits per heavy atom. The lowest BCUT2D eigenvalue weighted by Crippen LogP contribution is -2.28. The van der Waals surface area contributed by atoms with E-state index in [1.54, 1.807) is 12.1 Å². The summed E-state index contributed by atoms with van der Waals surface area (Å²) >= 11 is -2.42. The largest absolute Gasteiger partial charge is 0.768 e. The van der Waals surface area contributed by atoms with E-state index in [4.69, 9.17) is 4.74 Å². The maximum Gasteiger partial charge on any atom is 0.257 e. The Morgan fingerprint density at radius 3 is 2.83 bits per heavy atom. The van der Waals surface area contributed by atoms with E-state index < -0.39 is 22.9 Å². The molecule has 2 aliphatic heterocycles. The van der Waals surface area contributed by atoms with Gasteiger partial charge in [0.15, 0.2) is 0 Å². The van der Waals surface area contributed by atoms with Crippen molar-refractivity contribution in [3.05, 3.63) is 47.5 Å². The highest BCUT2D eigenvalue weighted by atomic mass is 32.2. The third-order valence-corrected chi connectivity index (χ3v) is 6.03. The van der Waals surface area contributed by atoms with Crippen LogP contribution in [0.1, 0.15) is 35.2 Å². The van der Waals surface area contributed by atoms with Gasteiger partial charge in [-0.25, -0.2) is 8.78 Å². The average molecular weight is 435 g/mol. The first-order valence-corrected chi connectivity index (χ1v) is 10.8. The molecule has 6 nitrogen and oxygen atoms in total. The van der Waals surface area contributed by atoms with Crippen LogP contribution in [0, 0.1) is 0 Å². The smallest absolute Gasteiger partial charge is 0.257 e. The lowest BCUT2D eigenvalue weighted by molar-refractivity contribution is -0.0102. The van der Waals surface area contributed by atoms with Gasteiger partial charge < -0.3 is 19.5 Å². The molecule has 2 aromatic rings. The molecular weight excluding hydrogens is 414 g/mol. The van der Waals surface area contributed by atoms with Crippen LogP contribution >= 0.6 is 0 Å². The van der Waals surface area contributed by atoms with Gasteiger partial charge in [-0.3, -0.25) is 9.00 Å². The molecule has 0 radical (unpaired) electrons. The lowest BCUT2D eigenvalue weighted by atomic mass is 10.0. The fourth-order valence-electron chi connectivity index (χ4n) is 3.84. The topological polar surface area (TPSA) is 81.7 Å². The second-order valence-corrected chi connectivity index (χ2v) is 8.43. The minimum Gasteiger partial charge on any atom is -0.768 e. The molecule has 160 valence electrons.